The number of amides is 3. The first-order valence-electron chi connectivity index (χ1n) is 11.4. The van der Waals surface area contributed by atoms with Crippen LogP contribution in [-0.2, 0) is 20.9 Å². The zero-order valence-corrected chi connectivity index (χ0v) is 20.1. The van der Waals surface area contributed by atoms with Crippen molar-refractivity contribution in [3.8, 4) is 0 Å². The quantitative estimate of drug-likeness (QED) is 0.525. The second kappa shape index (κ2) is 10.8. The number of benzene rings is 2. The summed E-state index contributed by atoms with van der Waals surface area (Å²) in [4.78, 5) is 44.7. The molecule has 3 N–H and O–H groups in total. The Morgan fingerprint density at radius 3 is 2.60 bits per heavy atom. The molecule has 10 heteroatoms. The first-order chi connectivity index (χ1) is 16.9. The van der Waals surface area contributed by atoms with Crippen LogP contribution < -0.4 is 16.1 Å². The third-order valence-corrected chi connectivity index (χ3v) is 6.16. The second-order valence-electron chi connectivity index (χ2n) is 8.35. The molecule has 2 aliphatic heterocycles. The van der Waals surface area contributed by atoms with Gasteiger partial charge in [0.15, 0.2) is 0 Å². The van der Waals surface area contributed by atoms with Crippen molar-refractivity contribution in [2.75, 3.05) is 25.0 Å². The van der Waals surface area contributed by atoms with Crippen LogP contribution in [0.1, 0.15) is 35.7 Å². The van der Waals surface area contributed by atoms with Crippen molar-refractivity contribution in [1.29, 1.82) is 0 Å². The average molecular weight is 499 g/mol. The van der Waals surface area contributed by atoms with Gasteiger partial charge in [-0.3, -0.25) is 15.1 Å². The Labute approximate surface area is 208 Å². The fourth-order valence-corrected chi connectivity index (χ4v) is 4.07. The Morgan fingerprint density at radius 1 is 1.14 bits per heavy atom. The van der Waals surface area contributed by atoms with Crippen LogP contribution in [0.15, 0.2) is 60.3 Å². The van der Waals surface area contributed by atoms with Crippen molar-refractivity contribution in [2.45, 2.75) is 31.9 Å². The molecule has 184 valence electrons. The van der Waals surface area contributed by atoms with Gasteiger partial charge in [0, 0.05) is 43.2 Å². The van der Waals surface area contributed by atoms with Crippen LogP contribution in [0.2, 0.25) is 5.02 Å². The lowest BCUT2D eigenvalue weighted by atomic mass is 9.91. The van der Waals surface area contributed by atoms with E-state index in [2.05, 4.69) is 16.1 Å². The maximum atomic E-state index is 12.7. The second-order valence-corrected chi connectivity index (χ2v) is 8.79. The van der Waals surface area contributed by atoms with Crippen molar-refractivity contribution < 1.29 is 24.0 Å². The highest BCUT2D eigenvalue weighted by atomic mass is 35.5. The van der Waals surface area contributed by atoms with E-state index in [9.17, 15) is 14.4 Å². The highest BCUT2D eigenvalue weighted by molar-refractivity contribution is 6.30. The molecule has 2 heterocycles. The number of hydroxylamine groups is 1. The van der Waals surface area contributed by atoms with E-state index in [0.29, 0.717) is 54.4 Å². The summed E-state index contributed by atoms with van der Waals surface area (Å²) in [5.41, 5.74) is 4.27. The van der Waals surface area contributed by atoms with E-state index in [1.807, 2.05) is 12.1 Å². The normalized spacial score (nSPS) is 16.3. The van der Waals surface area contributed by atoms with E-state index >= 15 is 0 Å². The predicted octanol–water partition coefficient (Wildman–Crippen LogP) is 3.62. The predicted molar refractivity (Wildman–Crippen MR) is 131 cm³/mol. The molecule has 2 aromatic carbocycles. The third kappa shape index (κ3) is 6.12. The Hall–Kier alpha value is -3.56. The SMILES string of the molecule is CCOC(=O)c1cccc(NC(=O)N2CCC3(C=C(C(=O)NCc4ccc(Cl)cc4)NO3)CC2)c1. The Bertz CT molecular complexity index is 1130. The van der Waals surface area contributed by atoms with E-state index in [-0.39, 0.29) is 18.5 Å². The van der Waals surface area contributed by atoms with Gasteiger partial charge in [-0.2, -0.15) is 0 Å². The third-order valence-electron chi connectivity index (χ3n) is 5.90. The number of rotatable bonds is 6. The number of ether oxygens (including phenoxy) is 1. The maximum absolute atomic E-state index is 12.7. The number of urea groups is 1. The molecule has 1 fully saturated rings. The van der Waals surface area contributed by atoms with Crippen molar-refractivity contribution in [3.63, 3.8) is 0 Å². The van der Waals surface area contributed by atoms with E-state index in [1.165, 1.54) is 0 Å². The molecule has 4 rings (SSSR count). The summed E-state index contributed by atoms with van der Waals surface area (Å²) < 4.78 is 5.00. The molecule has 0 bridgehead atoms. The summed E-state index contributed by atoms with van der Waals surface area (Å²) in [6.45, 7) is 3.28. The number of nitrogens with one attached hydrogen (secondary N) is 3. The molecule has 0 radical (unpaired) electrons. The van der Waals surface area contributed by atoms with Gasteiger partial charge in [0.1, 0.15) is 11.3 Å². The standard InChI is InChI=1S/C25H27ClN4O5/c1-2-34-23(32)18-4-3-5-20(14-18)28-24(33)30-12-10-25(11-13-30)15-21(29-35-25)22(31)27-16-17-6-8-19(26)9-7-17/h3-9,14-15,29H,2,10-13,16H2,1H3,(H,27,31)(H,28,33). The van der Waals surface area contributed by atoms with E-state index in [1.54, 1.807) is 54.3 Å². The molecule has 1 spiro atoms. The maximum Gasteiger partial charge on any atom is 0.338 e. The molecule has 9 nitrogen and oxygen atoms in total. The zero-order valence-electron chi connectivity index (χ0n) is 19.3. The van der Waals surface area contributed by atoms with Gasteiger partial charge in [-0.05, 0) is 48.9 Å². The summed E-state index contributed by atoms with van der Waals surface area (Å²) in [5, 5.41) is 6.32. The number of piperidine rings is 1. The fraction of sp³-hybridized carbons (Fsp3) is 0.320. The van der Waals surface area contributed by atoms with Crippen LogP contribution in [-0.4, -0.2) is 48.1 Å². The number of carbonyl (C=O) groups excluding carboxylic acids is 3. The van der Waals surface area contributed by atoms with Gasteiger partial charge < -0.3 is 20.3 Å². The average Bonchev–Trinajstić information content (AvgIpc) is 3.27. The van der Waals surface area contributed by atoms with Crippen LogP contribution in [0.25, 0.3) is 0 Å². The largest absolute Gasteiger partial charge is 0.462 e. The van der Waals surface area contributed by atoms with E-state index in [0.717, 1.165) is 5.56 Å². The fourth-order valence-electron chi connectivity index (χ4n) is 3.95. The van der Waals surface area contributed by atoms with Gasteiger partial charge in [0.2, 0.25) is 0 Å². The lowest BCUT2D eigenvalue weighted by Gasteiger charge is -2.36. The molecule has 1 saturated heterocycles. The molecular formula is C25H27ClN4O5. The van der Waals surface area contributed by atoms with Gasteiger partial charge in [-0.15, -0.1) is 0 Å². The molecule has 0 atom stereocenters. The molecular weight excluding hydrogens is 472 g/mol. The van der Waals surface area contributed by atoms with Crippen LogP contribution in [0, 0.1) is 0 Å². The van der Waals surface area contributed by atoms with E-state index in [4.69, 9.17) is 21.2 Å². The van der Waals surface area contributed by atoms with Crippen LogP contribution in [0.4, 0.5) is 10.5 Å². The molecule has 0 aromatic heterocycles. The van der Waals surface area contributed by atoms with Gasteiger partial charge >= 0.3 is 12.0 Å². The van der Waals surface area contributed by atoms with Crippen molar-refractivity contribution in [3.05, 3.63) is 76.5 Å². The number of hydrogen-bond donors (Lipinski definition) is 3. The number of hydrogen-bond acceptors (Lipinski definition) is 6. The van der Waals surface area contributed by atoms with Gasteiger partial charge in [0.25, 0.3) is 5.91 Å². The summed E-state index contributed by atoms with van der Waals surface area (Å²) in [6.07, 6.45) is 2.86. The number of carbonyl (C=O) groups is 3. The lowest BCUT2D eigenvalue weighted by molar-refractivity contribution is -0.120. The van der Waals surface area contributed by atoms with Crippen molar-refractivity contribution >= 4 is 35.2 Å². The monoisotopic (exact) mass is 498 g/mol. The summed E-state index contributed by atoms with van der Waals surface area (Å²) >= 11 is 5.89. The smallest absolute Gasteiger partial charge is 0.338 e. The first kappa shape index (κ1) is 24.6. The Kier molecular flexibility index (Phi) is 7.57. The number of esters is 1. The topological polar surface area (TPSA) is 109 Å². The lowest BCUT2D eigenvalue weighted by Crippen LogP contribution is -2.48. The van der Waals surface area contributed by atoms with Crippen LogP contribution in [0.3, 0.4) is 0 Å². The van der Waals surface area contributed by atoms with Crippen molar-refractivity contribution in [1.82, 2.24) is 15.7 Å². The number of halogens is 1. The molecule has 0 unspecified atom stereocenters. The van der Waals surface area contributed by atoms with Gasteiger partial charge in [0.05, 0.1) is 12.2 Å². The van der Waals surface area contributed by atoms with Gasteiger partial charge in [-0.1, -0.05) is 29.8 Å². The summed E-state index contributed by atoms with van der Waals surface area (Å²) in [7, 11) is 0. The minimum atomic E-state index is -0.645. The first-order valence-corrected chi connectivity index (χ1v) is 11.8. The number of nitrogens with zero attached hydrogens (tertiary/aromatic N) is 1. The van der Waals surface area contributed by atoms with Crippen LogP contribution in [0.5, 0.6) is 0 Å². The minimum Gasteiger partial charge on any atom is -0.462 e. The number of likely N-dealkylation sites (tertiary alicyclic amines) is 1. The summed E-state index contributed by atoms with van der Waals surface area (Å²) in [6, 6.07) is 13.6. The molecule has 35 heavy (non-hydrogen) atoms. The Morgan fingerprint density at radius 2 is 1.89 bits per heavy atom. The molecule has 2 aliphatic rings. The zero-order chi connectivity index (χ0) is 24.8. The summed E-state index contributed by atoms with van der Waals surface area (Å²) in [5.74, 6) is -0.701. The number of anilines is 1. The minimum absolute atomic E-state index is 0.265. The van der Waals surface area contributed by atoms with E-state index < -0.39 is 11.6 Å². The highest BCUT2D eigenvalue weighted by Gasteiger charge is 2.41. The van der Waals surface area contributed by atoms with Crippen LogP contribution >= 0.6 is 11.6 Å². The highest BCUT2D eigenvalue weighted by Crippen LogP contribution is 2.32. The molecule has 3 amide bonds. The van der Waals surface area contributed by atoms with Crippen molar-refractivity contribution in [2.24, 2.45) is 0 Å². The Balaban J connectivity index is 1.29. The molecule has 0 saturated carbocycles. The molecule has 2 aromatic rings. The molecule has 0 aliphatic carbocycles. The van der Waals surface area contributed by atoms with Gasteiger partial charge in [-0.25, -0.2) is 9.59 Å².